The number of hydrazone groups is 2. The SMILES string of the molecule is C1=CC2=C(CC1)SC=CC1=CC=NN3C=NN(c4ccccc4)C123. The molecule has 1 spiro atoms. The van der Waals surface area contributed by atoms with E-state index in [2.05, 4.69) is 52.0 Å². The number of allylic oxidation sites excluding steroid dienone is 3. The van der Waals surface area contributed by atoms with Crippen molar-refractivity contribution in [2.24, 2.45) is 10.2 Å². The van der Waals surface area contributed by atoms with Crippen molar-refractivity contribution < 1.29 is 0 Å². The first-order chi connectivity index (χ1) is 11.9. The van der Waals surface area contributed by atoms with Gasteiger partial charge in [0.2, 0.25) is 5.66 Å². The first-order valence-electron chi connectivity index (χ1n) is 8.07. The molecule has 1 aromatic rings. The molecule has 4 aliphatic rings. The van der Waals surface area contributed by atoms with Crippen LogP contribution in [0.5, 0.6) is 0 Å². The van der Waals surface area contributed by atoms with E-state index in [-0.39, 0.29) is 0 Å². The number of hydrogen-bond acceptors (Lipinski definition) is 5. The zero-order valence-corrected chi connectivity index (χ0v) is 13.9. The van der Waals surface area contributed by atoms with E-state index in [9.17, 15) is 0 Å². The molecule has 24 heavy (non-hydrogen) atoms. The number of hydrogen-bond donors (Lipinski definition) is 0. The zero-order valence-electron chi connectivity index (χ0n) is 13.0. The molecule has 3 aliphatic heterocycles. The summed E-state index contributed by atoms with van der Waals surface area (Å²) >= 11 is 1.82. The molecule has 0 N–H and O–H groups in total. The van der Waals surface area contributed by atoms with E-state index in [4.69, 9.17) is 5.10 Å². The van der Waals surface area contributed by atoms with Gasteiger partial charge in [-0.2, -0.15) is 10.2 Å². The molecule has 5 heteroatoms. The molecular weight excluding hydrogens is 316 g/mol. The van der Waals surface area contributed by atoms with E-state index in [1.807, 2.05) is 47.5 Å². The van der Waals surface area contributed by atoms with Crippen molar-refractivity contribution in [3.05, 3.63) is 76.1 Å². The quantitative estimate of drug-likeness (QED) is 0.771. The highest BCUT2D eigenvalue weighted by Crippen LogP contribution is 2.50. The highest BCUT2D eigenvalue weighted by molar-refractivity contribution is 8.05. The van der Waals surface area contributed by atoms with Gasteiger partial charge in [0.15, 0.2) is 0 Å². The van der Waals surface area contributed by atoms with Gasteiger partial charge in [-0.15, -0.1) is 11.8 Å². The molecule has 0 radical (unpaired) electrons. The van der Waals surface area contributed by atoms with Crippen LogP contribution in [0.25, 0.3) is 0 Å². The minimum Gasteiger partial charge on any atom is -0.228 e. The highest BCUT2D eigenvalue weighted by Gasteiger charge is 2.53. The minimum atomic E-state index is -0.525. The third-order valence-electron chi connectivity index (χ3n) is 4.72. The van der Waals surface area contributed by atoms with Gasteiger partial charge < -0.3 is 0 Å². The smallest absolute Gasteiger partial charge is 0.208 e. The van der Waals surface area contributed by atoms with Gasteiger partial charge >= 0.3 is 0 Å². The molecule has 1 aromatic carbocycles. The fraction of sp³-hybridized carbons (Fsp3) is 0.158. The zero-order chi connectivity index (χ0) is 16.0. The van der Waals surface area contributed by atoms with Crippen LogP contribution in [-0.4, -0.2) is 23.2 Å². The summed E-state index contributed by atoms with van der Waals surface area (Å²) in [5.41, 5.74) is 2.99. The predicted octanol–water partition coefficient (Wildman–Crippen LogP) is 4.24. The molecule has 5 rings (SSSR count). The summed E-state index contributed by atoms with van der Waals surface area (Å²) in [5.74, 6) is 0. The minimum absolute atomic E-state index is 0.525. The third kappa shape index (κ3) is 1.76. The Morgan fingerprint density at radius 1 is 1.08 bits per heavy atom. The number of anilines is 1. The molecule has 0 saturated carbocycles. The lowest BCUT2D eigenvalue weighted by Gasteiger charge is -2.45. The van der Waals surface area contributed by atoms with Crippen LogP contribution in [0.1, 0.15) is 12.8 Å². The summed E-state index contributed by atoms with van der Waals surface area (Å²) in [6.45, 7) is 0. The Hall–Kier alpha value is -2.53. The van der Waals surface area contributed by atoms with Gasteiger partial charge in [0, 0.05) is 17.4 Å². The molecule has 118 valence electrons. The van der Waals surface area contributed by atoms with E-state index >= 15 is 0 Å². The molecule has 3 heterocycles. The molecule has 0 amide bonds. The maximum atomic E-state index is 4.73. The largest absolute Gasteiger partial charge is 0.228 e. The standard InChI is InChI=1S/C19H16N4S/c1-2-6-16(7-3-1)23-19-15(10-12-20-22(19)14-21-23)11-13-24-18-9-5-4-8-17(18)19/h1-4,6-8,10-14H,5,9H2. The van der Waals surface area contributed by atoms with Gasteiger partial charge in [-0.05, 0) is 47.4 Å². The molecular formula is C19H16N4S. The fourth-order valence-corrected chi connectivity index (χ4v) is 4.64. The van der Waals surface area contributed by atoms with Crippen LogP contribution in [0.2, 0.25) is 0 Å². The second-order valence-electron chi connectivity index (χ2n) is 5.98. The Labute approximate surface area is 145 Å². The van der Waals surface area contributed by atoms with Crippen LogP contribution in [0.15, 0.2) is 86.3 Å². The van der Waals surface area contributed by atoms with E-state index in [1.165, 1.54) is 16.1 Å². The molecule has 1 aliphatic carbocycles. The Morgan fingerprint density at radius 3 is 2.92 bits per heavy atom. The molecule has 1 atom stereocenters. The predicted molar refractivity (Wildman–Crippen MR) is 101 cm³/mol. The van der Waals surface area contributed by atoms with Gasteiger partial charge in [-0.25, -0.2) is 10.0 Å². The molecule has 0 fully saturated rings. The summed E-state index contributed by atoms with van der Waals surface area (Å²) in [4.78, 5) is 1.39. The summed E-state index contributed by atoms with van der Waals surface area (Å²) in [6.07, 6.45) is 14.6. The molecule has 4 nitrogen and oxygen atoms in total. The maximum absolute atomic E-state index is 4.73. The summed E-state index contributed by atoms with van der Waals surface area (Å²) in [6, 6.07) is 10.3. The van der Waals surface area contributed by atoms with E-state index < -0.39 is 5.66 Å². The topological polar surface area (TPSA) is 31.2 Å². The van der Waals surface area contributed by atoms with Crippen LogP contribution < -0.4 is 5.01 Å². The summed E-state index contributed by atoms with van der Waals surface area (Å²) < 4.78 is 0. The van der Waals surface area contributed by atoms with Crippen LogP contribution in [-0.2, 0) is 0 Å². The van der Waals surface area contributed by atoms with Crippen molar-refractivity contribution in [1.82, 2.24) is 5.01 Å². The molecule has 0 aromatic heterocycles. The second-order valence-corrected chi connectivity index (χ2v) is 6.98. The van der Waals surface area contributed by atoms with E-state index in [1.54, 1.807) is 0 Å². The van der Waals surface area contributed by atoms with E-state index in [0.29, 0.717) is 0 Å². The lowest BCUT2D eigenvalue weighted by atomic mass is 9.85. The van der Waals surface area contributed by atoms with Gasteiger partial charge in [-0.3, -0.25) is 0 Å². The van der Waals surface area contributed by atoms with Crippen molar-refractivity contribution in [3.63, 3.8) is 0 Å². The number of para-hydroxylation sites is 1. The van der Waals surface area contributed by atoms with Crippen molar-refractivity contribution in [1.29, 1.82) is 0 Å². The van der Waals surface area contributed by atoms with Crippen molar-refractivity contribution in [2.75, 3.05) is 5.01 Å². The van der Waals surface area contributed by atoms with E-state index in [0.717, 1.165) is 18.5 Å². The Balaban J connectivity index is 1.79. The van der Waals surface area contributed by atoms with Gasteiger partial charge in [0.1, 0.15) is 6.34 Å². The third-order valence-corrected chi connectivity index (χ3v) is 5.70. The normalized spacial score (nSPS) is 26.9. The average Bonchev–Trinajstić information content (AvgIpc) is 2.95. The first-order valence-corrected chi connectivity index (χ1v) is 8.95. The number of nitrogens with zero attached hydrogens (tertiary/aromatic N) is 4. The highest BCUT2D eigenvalue weighted by atomic mass is 32.2. The Bertz CT molecular complexity index is 863. The van der Waals surface area contributed by atoms with Gasteiger partial charge in [0.05, 0.1) is 5.69 Å². The molecule has 1 unspecified atom stereocenters. The number of rotatable bonds is 1. The Kier molecular flexibility index (Phi) is 3.03. The van der Waals surface area contributed by atoms with Gasteiger partial charge in [-0.1, -0.05) is 30.4 Å². The summed E-state index contributed by atoms with van der Waals surface area (Å²) in [7, 11) is 0. The number of benzene rings is 1. The molecule has 0 saturated heterocycles. The van der Waals surface area contributed by atoms with Crippen LogP contribution in [0.4, 0.5) is 5.69 Å². The van der Waals surface area contributed by atoms with Gasteiger partial charge in [0.25, 0.3) is 0 Å². The average molecular weight is 332 g/mol. The Morgan fingerprint density at radius 2 is 2.00 bits per heavy atom. The van der Waals surface area contributed by atoms with Crippen molar-refractivity contribution >= 4 is 30.0 Å². The van der Waals surface area contributed by atoms with Crippen molar-refractivity contribution in [2.45, 2.75) is 18.5 Å². The molecule has 0 bridgehead atoms. The van der Waals surface area contributed by atoms with Crippen molar-refractivity contribution in [3.8, 4) is 0 Å². The van der Waals surface area contributed by atoms with Crippen LogP contribution in [0.3, 0.4) is 0 Å². The second kappa shape index (κ2) is 5.24. The maximum Gasteiger partial charge on any atom is 0.208 e. The van der Waals surface area contributed by atoms with Crippen LogP contribution >= 0.6 is 11.8 Å². The summed E-state index contributed by atoms with van der Waals surface area (Å²) in [5, 5.41) is 15.6. The lowest BCUT2D eigenvalue weighted by Crippen LogP contribution is -2.56. The van der Waals surface area contributed by atoms with Crippen LogP contribution in [0, 0.1) is 0 Å². The fourth-order valence-electron chi connectivity index (χ4n) is 3.69. The monoisotopic (exact) mass is 332 g/mol. The lowest BCUT2D eigenvalue weighted by molar-refractivity contribution is 0.293. The first kappa shape index (κ1) is 13.9. The number of thioether (sulfide) groups is 1.